The molecule has 0 radical (unpaired) electrons. The Bertz CT molecular complexity index is 1100. The molecule has 0 bridgehead atoms. The van der Waals surface area contributed by atoms with Gasteiger partial charge in [-0.05, 0) is 48.6 Å². The van der Waals surface area contributed by atoms with Crippen molar-refractivity contribution in [1.29, 1.82) is 0 Å². The molecular formula is C19H16ClN5OS2. The smallest absolute Gasteiger partial charge is 0.267 e. The molecule has 2 aromatic heterocycles. The van der Waals surface area contributed by atoms with E-state index >= 15 is 0 Å². The lowest BCUT2D eigenvalue weighted by molar-refractivity contribution is 0.935. The van der Waals surface area contributed by atoms with Gasteiger partial charge in [0.1, 0.15) is 10.7 Å². The van der Waals surface area contributed by atoms with Crippen molar-refractivity contribution in [3.05, 3.63) is 82.3 Å². The maximum absolute atomic E-state index is 12.9. The van der Waals surface area contributed by atoms with Crippen LogP contribution in [0.5, 0.6) is 0 Å². The largest absolute Gasteiger partial charge is 0.358 e. The molecule has 28 heavy (non-hydrogen) atoms. The number of benzene rings is 1. The monoisotopic (exact) mass is 429 g/mol. The molecule has 142 valence electrons. The predicted octanol–water partition coefficient (Wildman–Crippen LogP) is 3.48. The van der Waals surface area contributed by atoms with Gasteiger partial charge in [0, 0.05) is 22.7 Å². The molecular weight excluding hydrogens is 414 g/mol. The second kappa shape index (κ2) is 9.50. The number of pyridine rings is 1. The van der Waals surface area contributed by atoms with E-state index in [4.69, 9.17) is 23.8 Å². The van der Waals surface area contributed by atoms with Crippen molar-refractivity contribution < 1.29 is 0 Å². The number of nitrogens with one attached hydrogen (secondary N) is 2. The van der Waals surface area contributed by atoms with Gasteiger partial charge in [0.15, 0.2) is 5.11 Å². The lowest BCUT2D eigenvalue weighted by atomic mass is 10.3. The van der Waals surface area contributed by atoms with Crippen LogP contribution in [0, 0.1) is 0 Å². The molecule has 0 unspecified atom stereocenters. The van der Waals surface area contributed by atoms with Gasteiger partial charge in [0.25, 0.3) is 5.56 Å². The maximum atomic E-state index is 12.9. The first-order valence-corrected chi connectivity index (χ1v) is 9.81. The molecule has 2 N–H and O–H groups in total. The van der Waals surface area contributed by atoms with Crippen LogP contribution in [0.2, 0.25) is 5.02 Å². The fourth-order valence-corrected chi connectivity index (χ4v) is 3.39. The third-order valence-corrected chi connectivity index (χ3v) is 5.03. The second-order valence-electron chi connectivity index (χ2n) is 5.49. The molecule has 0 fully saturated rings. The van der Waals surface area contributed by atoms with Gasteiger partial charge in [-0.3, -0.25) is 14.6 Å². The van der Waals surface area contributed by atoms with Crippen LogP contribution in [0.15, 0.2) is 81.1 Å². The van der Waals surface area contributed by atoms with Crippen LogP contribution in [0.4, 0.5) is 0 Å². The van der Waals surface area contributed by atoms with Crippen LogP contribution in [0.3, 0.4) is 0 Å². The highest BCUT2D eigenvalue weighted by molar-refractivity contribution is 7.99. The SMILES string of the molecule is C=CCNC(=S)N/N=C/c1c(Sc2ccc(Cl)cc2)nc2ccccn2c1=O. The number of hydrogen-bond donors (Lipinski definition) is 2. The number of rotatable bonds is 6. The quantitative estimate of drug-likeness (QED) is 0.205. The van der Waals surface area contributed by atoms with E-state index in [-0.39, 0.29) is 5.56 Å². The average molecular weight is 430 g/mol. The lowest BCUT2D eigenvalue weighted by Crippen LogP contribution is -2.32. The minimum Gasteiger partial charge on any atom is -0.358 e. The van der Waals surface area contributed by atoms with E-state index in [1.54, 1.807) is 36.5 Å². The van der Waals surface area contributed by atoms with Crippen molar-refractivity contribution in [1.82, 2.24) is 20.1 Å². The number of hydrazone groups is 1. The van der Waals surface area contributed by atoms with Gasteiger partial charge in [0.05, 0.1) is 11.8 Å². The van der Waals surface area contributed by atoms with E-state index in [1.165, 1.54) is 22.4 Å². The third kappa shape index (κ3) is 4.98. The normalized spacial score (nSPS) is 10.9. The standard InChI is InChI=1S/C19H16ClN5OS2/c1-2-10-21-19(27)24-22-12-15-17(28-14-8-6-13(20)7-9-14)23-16-5-3-4-11-25(16)18(15)26/h2-9,11-12H,1,10H2,(H2,21,24,27)/b22-12+. The Kier molecular flexibility index (Phi) is 6.80. The molecule has 1 aromatic carbocycles. The highest BCUT2D eigenvalue weighted by atomic mass is 35.5. The Morgan fingerprint density at radius 3 is 2.86 bits per heavy atom. The maximum Gasteiger partial charge on any atom is 0.267 e. The van der Waals surface area contributed by atoms with Crippen LogP contribution in [0.1, 0.15) is 5.56 Å². The Morgan fingerprint density at radius 1 is 1.32 bits per heavy atom. The summed E-state index contributed by atoms with van der Waals surface area (Å²) in [6.07, 6.45) is 4.77. The molecule has 0 amide bonds. The summed E-state index contributed by atoms with van der Waals surface area (Å²) in [5.41, 5.74) is 3.36. The summed E-state index contributed by atoms with van der Waals surface area (Å²) in [6.45, 7) is 4.12. The van der Waals surface area contributed by atoms with Gasteiger partial charge in [-0.2, -0.15) is 5.10 Å². The molecule has 0 spiro atoms. The van der Waals surface area contributed by atoms with E-state index in [2.05, 4.69) is 27.4 Å². The zero-order valence-corrected chi connectivity index (χ0v) is 17.0. The molecule has 2 heterocycles. The molecule has 9 heteroatoms. The van der Waals surface area contributed by atoms with Gasteiger partial charge < -0.3 is 5.32 Å². The molecule has 0 saturated heterocycles. The van der Waals surface area contributed by atoms with Crippen LogP contribution < -0.4 is 16.3 Å². The van der Waals surface area contributed by atoms with Crippen LogP contribution in [0.25, 0.3) is 5.65 Å². The van der Waals surface area contributed by atoms with E-state index in [0.29, 0.717) is 32.9 Å². The predicted molar refractivity (Wildman–Crippen MR) is 119 cm³/mol. The van der Waals surface area contributed by atoms with Gasteiger partial charge in [-0.1, -0.05) is 35.5 Å². The van der Waals surface area contributed by atoms with Crippen molar-refractivity contribution in [3.63, 3.8) is 0 Å². The summed E-state index contributed by atoms with van der Waals surface area (Å²) in [4.78, 5) is 18.5. The van der Waals surface area contributed by atoms with E-state index < -0.39 is 0 Å². The number of thiocarbonyl (C=S) groups is 1. The number of halogens is 1. The topological polar surface area (TPSA) is 70.8 Å². The van der Waals surface area contributed by atoms with Crippen LogP contribution in [-0.2, 0) is 0 Å². The van der Waals surface area contributed by atoms with Gasteiger partial charge in [-0.25, -0.2) is 4.98 Å². The molecule has 3 aromatic rings. The molecule has 0 atom stereocenters. The minimum atomic E-state index is -0.224. The lowest BCUT2D eigenvalue weighted by Gasteiger charge is -2.08. The van der Waals surface area contributed by atoms with Crippen LogP contribution >= 0.6 is 35.6 Å². The fourth-order valence-electron chi connectivity index (χ4n) is 2.24. The Hall–Kier alpha value is -2.68. The summed E-state index contributed by atoms with van der Waals surface area (Å²) < 4.78 is 1.47. The average Bonchev–Trinajstić information content (AvgIpc) is 2.70. The first kappa shape index (κ1) is 20.1. The van der Waals surface area contributed by atoms with Gasteiger partial charge >= 0.3 is 0 Å². The van der Waals surface area contributed by atoms with Crippen molar-refractivity contribution in [2.24, 2.45) is 5.10 Å². The number of aromatic nitrogens is 2. The number of hydrogen-bond acceptors (Lipinski definition) is 5. The first-order valence-electron chi connectivity index (χ1n) is 8.21. The third-order valence-electron chi connectivity index (χ3n) is 3.53. The van der Waals surface area contributed by atoms with Crippen molar-refractivity contribution in [2.45, 2.75) is 9.92 Å². The highest BCUT2D eigenvalue weighted by Gasteiger charge is 2.13. The second-order valence-corrected chi connectivity index (χ2v) is 7.40. The fraction of sp³-hybridized carbons (Fsp3) is 0.0526. The van der Waals surface area contributed by atoms with Gasteiger partial charge in [-0.15, -0.1) is 6.58 Å². The zero-order chi connectivity index (χ0) is 19.9. The summed E-state index contributed by atoms with van der Waals surface area (Å²) in [5.74, 6) is 0. The molecule has 0 aliphatic rings. The van der Waals surface area contributed by atoms with Crippen molar-refractivity contribution >= 4 is 52.6 Å². The molecule has 0 aliphatic carbocycles. The Morgan fingerprint density at radius 2 is 2.11 bits per heavy atom. The summed E-state index contributed by atoms with van der Waals surface area (Å²) >= 11 is 12.4. The highest BCUT2D eigenvalue weighted by Crippen LogP contribution is 2.28. The minimum absolute atomic E-state index is 0.224. The van der Waals surface area contributed by atoms with Gasteiger partial charge in [0.2, 0.25) is 0 Å². The van der Waals surface area contributed by atoms with Crippen LogP contribution in [-0.4, -0.2) is 27.3 Å². The molecule has 0 saturated carbocycles. The molecule has 0 aliphatic heterocycles. The van der Waals surface area contributed by atoms with E-state index in [1.807, 2.05) is 18.2 Å². The van der Waals surface area contributed by atoms with Crippen molar-refractivity contribution in [2.75, 3.05) is 6.54 Å². The Labute approximate surface area is 176 Å². The van der Waals surface area contributed by atoms with E-state index in [0.717, 1.165) is 4.90 Å². The molecule has 3 rings (SSSR count). The van der Waals surface area contributed by atoms with Crippen molar-refractivity contribution in [3.8, 4) is 0 Å². The summed E-state index contributed by atoms with van der Waals surface area (Å²) in [7, 11) is 0. The summed E-state index contributed by atoms with van der Waals surface area (Å²) in [5, 5.41) is 8.48. The first-order chi connectivity index (χ1) is 13.6. The number of nitrogens with zero attached hydrogens (tertiary/aromatic N) is 3. The molecule has 6 nitrogen and oxygen atoms in total. The zero-order valence-electron chi connectivity index (χ0n) is 14.6. The Balaban J connectivity index is 1.96. The van der Waals surface area contributed by atoms with E-state index in [9.17, 15) is 4.79 Å². The number of fused-ring (bicyclic) bond motifs is 1. The summed E-state index contributed by atoms with van der Waals surface area (Å²) in [6, 6.07) is 12.7.